The van der Waals surface area contributed by atoms with Crippen molar-refractivity contribution >= 4 is 0 Å². The van der Waals surface area contributed by atoms with Crippen LogP contribution in [-0.4, -0.2) is 49.3 Å². The lowest BCUT2D eigenvalue weighted by Gasteiger charge is -2.45. The highest BCUT2D eigenvalue weighted by atomic mass is 16.5. The molecule has 1 fully saturated rings. The van der Waals surface area contributed by atoms with Gasteiger partial charge in [-0.3, -0.25) is 4.90 Å². The van der Waals surface area contributed by atoms with Gasteiger partial charge >= 0.3 is 0 Å². The van der Waals surface area contributed by atoms with Crippen molar-refractivity contribution in [1.29, 1.82) is 0 Å². The molecule has 3 heteroatoms. The largest absolute Gasteiger partial charge is 0.379 e. The van der Waals surface area contributed by atoms with E-state index in [1.54, 1.807) is 0 Å². The average Bonchev–Trinajstić information content (AvgIpc) is 2.36. The third kappa shape index (κ3) is 6.11. The van der Waals surface area contributed by atoms with Gasteiger partial charge in [0.05, 0.1) is 6.10 Å². The van der Waals surface area contributed by atoms with Crippen LogP contribution in [0.15, 0.2) is 0 Å². The van der Waals surface area contributed by atoms with Gasteiger partial charge in [-0.25, -0.2) is 0 Å². The first-order chi connectivity index (χ1) is 9.34. The van der Waals surface area contributed by atoms with E-state index in [1.807, 2.05) is 0 Å². The number of nitrogens with one attached hydrogen (secondary N) is 1. The maximum Gasteiger partial charge on any atom is 0.0518 e. The highest BCUT2D eigenvalue weighted by molar-refractivity contribution is 4.91. The van der Waals surface area contributed by atoms with Crippen LogP contribution in [0.3, 0.4) is 0 Å². The SMILES string of the molecule is CCC1CNC(C(C)(C)C)CN1CCCCOC(C)C. The minimum atomic E-state index is 0.345. The van der Waals surface area contributed by atoms with E-state index in [-0.39, 0.29) is 0 Å². The number of unbranched alkanes of at least 4 members (excludes halogenated alkanes) is 1. The lowest BCUT2D eigenvalue weighted by Crippen LogP contribution is -2.60. The standard InChI is InChI=1S/C17H36N2O/c1-7-15-12-18-16(17(4,5)6)13-19(15)10-8-9-11-20-14(2)3/h14-16,18H,7-13H2,1-6H3. The van der Waals surface area contributed by atoms with E-state index in [0.717, 1.165) is 13.2 Å². The molecule has 0 aromatic heterocycles. The minimum absolute atomic E-state index is 0.345. The molecule has 2 atom stereocenters. The molecule has 0 aromatic rings. The van der Waals surface area contributed by atoms with E-state index in [9.17, 15) is 0 Å². The van der Waals surface area contributed by atoms with Gasteiger partial charge in [0.2, 0.25) is 0 Å². The normalized spacial score (nSPS) is 25.4. The summed E-state index contributed by atoms with van der Waals surface area (Å²) in [7, 11) is 0. The lowest BCUT2D eigenvalue weighted by molar-refractivity contribution is 0.0623. The fourth-order valence-electron chi connectivity index (χ4n) is 2.85. The van der Waals surface area contributed by atoms with Crippen LogP contribution >= 0.6 is 0 Å². The van der Waals surface area contributed by atoms with E-state index < -0.39 is 0 Å². The second kappa shape index (κ2) is 8.35. The number of hydrogen-bond donors (Lipinski definition) is 1. The van der Waals surface area contributed by atoms with Crippen LogP contribution in [-0.2, 0) is 4.74 Å². The Labute approximate surface area is 126 Å². The molecule has 0 saturated carbocycles. The summed E-state index contributed by atoms with van der Waals surface area (Å²) in [6.07, 6.45) is 4.04. The van der Waals surface area contributed by atoms with E-state index in [2.05, 4.69) is 51.8 Å². The van der Waals surface area contributed by atoms with Crippen molar-refractivity contribution in [2.24, 2.45) is 5.41 Å². The van der Waals surface area contributed by atoms with Gasteiger partial charge in [-0.1, -0.05) is 27.7 Å². The molecular formula is C17H36N2O. The van der Waals surface area contributed by atoms with E-state index >= 15 is 0 Å². The Morgan fingerprint density at radius 3 is 2.50 bits per heavy atom. The zero-order valence-electron chi connectivity index (χ0n) is 14.5. The molecule has 0 radical (unpaired) electrons. The first-order valence-corrected chi connectivity index (χ1v) is 8.43. The molecule has 20 heavy (non-hydrogen) atoms. The van der Waals surface area contributed by atoms with Crippen LogP contribution in [0.4, 0.5) is 0 Å². The second-order valence-corrected chi connectivity index (χ2v) is 7.51. The van der Waals surface area contributed by atoms with Crippen LogP contribution in [0.2, 0.25) is 0 Å². The molecule has 120 valence electrons. The van der Waals surface area contributed by atoms with Gasteiger partial charge in [0, 0.05) is 31.8 Å². The highest BCUT2D eigenvalue weighted by Crippen LogP contribution is 2.24. The van der Waals surface area contributed by atoms with Crippen molar-refractivity contribution in [2.45, 2.75) is 79.0 Å². The van der Waals surface area contributed by atoms with Gasteiger partial charge in [0.25, 0.3) is 0 Å². The van der Waals surface area contributed by atoms with Gasteiger partial charge in [0.15, 0.2) is 0 Å². The quantitative estimate of drug-likeness (QED) is 0.726. The van der Waals surface area contributed by atoms with Gasteiger partial charge in [0.1, 0.15) is 0 Å². The smallest absolute Gasteiger partial charge is 0.0518 e. The summed E-state index contributed by atoms with van der Waals surface area (Å²) in [6.45, 7) is 18.0. The molecule has 0 spiro atoms. The summed E-state index contributed by atoms with van der Waals surface area (Å²) in [6, 6.07) is 1.32. The predicted octanol–water partition coefficient (Wildman–Crippen LogP) is 3.29. The Morgan fingerprint density at radius 1 is 1.25 bits per heavy atom. The van der Waals surface area contributed by atoms with E-state index in [4.69, 9.17) is 4.74 Å². The minimum Gasteiger partial charge on any atom is -0.379 e. The van der Waals surface area contributed by atoms with Crippen molar-refractivity contribution in [2.75, 3.05) is 26.2 Å². The molecule has 0 amide bonds. The molecule has 1 saturated heterocycles. The van der Waals surface area contributed by atoms with E-state index in [1.165, 1.54) is 32.4 Å². The summed E-state index contributed by atoms with van der Waals surface area (Å²) in [5, 5.41) is 3.74. The zero-order chi connectivity index (χ0) is 15.2. The van der Waals surface area contributed by atoms with Gasteiger partial charge in [-0.15, -0.1) is 0 Å². The van der Waals surface area contributed by atoms with E-state index in [0.29, 0.717) is 23.6 Å². The van der Waals surface area contributed by atoms with Crippen LogP contribution in [0, 0.1) is 5.41 Å². The topological polar surface area (TPSA) is 24.5 Å². The van der Waals surface area contributed by atoms with Crippen molar-refractivity contribution < 1.29 is 4.74 Å². The maximum atomic E-state index is 5.63. The number of piperazine rings is 1. The third-order valence-electron chi connectivity index (χ3n) is 4.34. The van der Waals surface area contributed by atoms with Crippen LogP contribution in [0.25, 0.3) is 0 Å². The monoisotopic (exact) mass is 284 g/mol. The summed E-state index contributed by atoms with van der Waals surface area (Å²) >= 11 is 0. The third-order valence-corrected chi connectivity index (χ3v) is 4.34. The Balaban J connectivity index is 2.35. The Bertz CT molecular complexity index is 260. The predicted molar refractivity (Wildman–Crippen MR) is 87.2 cm³/mol. The van der Waals surface area contributed by atoms with Crippen molar-refractivity contribution in [1.82, 2.24) is 10.2 Å². The van der Waals surface area contributed by atoms with Crippen molar-refractivity contribution in [3.63, 3.8) is 0 Å². The zero-order valence-corrected chi connectivity index (χ0v) is 14.5. The molecule has 0 bridgehead atoms. The van der Waals surface area contributed by atoms with Crippen LogP contribution in [0.5, 0.6) is 0 Å². The molecule has 1 aliphatic rings. The summed E-state index contributed by atoms with van der Waals surface area (Å²) in [4.78, 5) is 2.70. The average molecular weight is 284 g/mol. The Morgan fingerprint density at radius 2 is 1.95 bits per heavy atom. The fraction of sp³-hybridized carbons (Fsp3) is 1.00. The summed E-state index contributed by atoms with van der Waals surface area (Å²) in [5.74, 6) is 0. The summed E-state index contributed by atoms with van der Waals surface area (Å²) in [5.41, 5.74) is 0.345. The van der Waals surface area contributed by atoms with Crippen molar-refractivity contribution in [3.8, 4) is 0 Å². The molecule has 1 aliphatic heterocycles. The number of ether oxygens (including phenoxy) is 1. The van der Waals surface area contributed by atoms with Crippen LogP contribution in [0.1, 0.15) is 60.8 Å². The molecule has 2 unspecified atom stereocenters. The Hall–Kier alpha value is -0.120. The van der Waals surface area contributed by atoms with Gasteiger partial charge in [-0.05, 0) is 45.1 Å². The first-order valence-electron chi connectivity index (χ1n) is 8.43. The number of hydrogen-bond acceptors (Lipinski definition) is 3. The Kier molecular flexibility index (Phi) is 7.49. The number of nitrogens with zero attached hydrogens (tertiary/aromatic N) is 1. The molecular weight excluding hydrogens is 248 g/mol. The lowest BCUT2D eigenvalue weighted by atomic mass is 9.84. The second-order valence-electron chi connectivity index (χ2n) is 7.51. The number of rotatable bonds is 7. The van der Waals surface area contributed by atoms with Gasteiger partial charge < -0.3 is 10.1 Å². The fourth-order valence-corrected chi connectivity index (χ4v) is 2.85. The molecule has 0 aliphatic carbocycles. The first kappa shape index (κ1) is 17.9. The molecule has 3 nitrogen and oxygen atoms in total. The van der Waals surface area contributed by atoms with Gasteiger partial charge in [-0.2, -0.15) is 0 Å². The maximum absolute atomic E-state index is 5.63. The molecule has 1 rings (SSSR count). The van der Waals surface area contributed by atoms with Crippen LogP contribution < -0.4 is 5.32 Å². The molecule has 0 aromatic carbocycles. The van der Waals surface area contributed by atoms with Crippen molar-refractivity contribution in [3.05, 3.63) is 0 Å². The molecule has 1 N–H and O–H groups in total. The highest BCUT2D eigenvalue weighted by Gasteiger charge is 2.32. The summed E-state index contributed by atoms with van der Waals surface area (Å²) < 4.78 is 5.63. The molecule has 1 heterocycles.